The Morgan fingerprint density at radius 2 is 1.93 bits per heavy atom. The zero-order chi connectivity index (χ0) is 18.9. The molecule has 0 unspecified atom stereocenters. The number of fused-ring (bicyclic) bond motifs is 1. The lowest BCUT2D eigenvalue weighted by atomic mass is 9.82. The van der Waals surface area contributed by atoms with Crippen LogP contribution in [-0.4, -0.2) is 39.4 Å². The van der Waals surface area contributed by atoms with E-state index in [9.17, 15) is 15.3 Å². The van der Waals surface area contributed by atoms with Crippen molar-refractivity contribution >= 4 is 11.4 Å². The van der Waals surface area contributed by atoms with Crippen molar-refractivity contribution in [3.8, 4) is 5.75 Å². The first-order chi connectivity index (χ1) is 13.1. The summed E-state index contributed by atoms with van der Waals surface area (Å²) in [6.07, 6.45) is 2.08. The molecule has 140 valence electrons. The molecule has 1 N–H and O–H groups in total. The van der Waals surface area contributed by atoms with E-state index in [2.05, 4.69) is 22.2 Å². The molecule has 0 atom stereocenters. The lowest BCUT2D eigenvalue weighted by Crippen LogP contribution is -2.50. The lowest BCUT2D eigenvalue weighted by Gasteiger charge is -2.44. The van der Waals surface area contributed by atoms with Gasteiger partial charge in [-0.2, -0.15) is 0 Å². The number of ether oxygens (including phenoxy) is 1. The Morgan fingerprint density at radius 3 is 2.59 bits per heavy atom. The van der Waals surface area contributed by atoms with Crippen LogP contribution < -0.4 is 4.74 Å². The van der Waals surface area contributed by atoms with E-state index >= 15 is 0 Å². The van der Waals surface area contributed by atoms with Crippen LogP contribution in [0.15, 0.2) is 53.7 Å². The fourth-order valence-corrected chi connectivity index (χ4v) is 3.94. The summed E-state index contributed by atoms with van der Waals surface area (Å²) in [7, 11) is 0. The molecular formula is C20H21N3O4. The lowest BCUT2D eigenvalue weighted by molar-refractivity contribution is -0.384. The largest absolute Gasteiger partial charge is 0.486 e. The molecule has 27 heavy (non-hydrogen) atoms. The number of hydrogen-bond donors (Lipinski definition) is 1. The van der Waals surface area contributed by atoms with Crippen molar-refractivity contribution in [3.05, 3.63) is 69.8 Å². The molecular weight excluding hydrogens is 346 g/mol. The third-order valence-electron chi connectivity index (χ3n) is 5.44. The van der Waals surface area contributed by atoms with Gasteiger partial charge in [-0.3, -0.25) is 15.0 Å². The smallest absolute Gasteiger partial charge is 0.270 e. The van der Waals surface area contributed by atoms with Crippen LogP contribution in [-0.2, 0) is 6.54 Å². The van der Waals surface area contributed by atoms with E-state index in [4.69, 9.17) is 4.74 Å². The number of nitrogens with zero attached hydrogens (tertiary/aromatic N) is 3. The molecule has 1 spiro atoms. The van der Waals surface area contributed by atoms with Crippen LogP contribution in [0.25, 0.3) is 0 Å². The first kappa shape index (κ1) is 17.5. The van der Waals surface area contributed by atoms with Gasteiger partial charge >= 0.3 is 0 Å². The van der Waals surface area contributed by atoms with Crippen molar-refractivity contribution in [2.75, 3.05) is 13.1 Å². The molecule has 0 bridgehead atoms. The fourth-order valence-electron chi connectivity index (χ4n) is 3.94. The van der Waals surface area contributed by atoms with Gasteiger partial charge in [-0.05, 0) is 11.6 Å². The Morgan fingerprint density at radius 1 is 1.19 bits per heavy atom. The van der Waals surface area contributed by atoms with Crippen molar-refractivity contribution in [3.63, 3.8) is 0 Å². The summed E-state index contributed by atoms with van der Waals surface area (Å²) < 4.78 is 6.28. The summed E-state index contributed by atoms with van der Waals surface area (Å²) in [6, 6.07) is 14.8. The Labute approximate surface area is 157 Å². The molecule has 7 nitrogen and oxygen atoms in total. The molecule has 7 heteroatoms. The van der Waals surface area contributed by atoms with Gasteiger partial charge in [0.1, 0.15) is 11.4 Å². The standard InChI is InChI=1S/C20H21N3O4/c24-21-18-13-20(27-19-7-6-16(23(25)26)12-17(18)19)8-10-22(11-9-20)14-15-4-2-1-3-5-15/h1-7,12,24H,8-11,13-14H2/b21-18+. The zero-order valence-corrected chi connectivity index (χ0v) is 14.9. The summed E-state index contributed by atoms with van der Waals surface area (Å²) >= 11 is 0. The van der Waals surface area contributed by atoms with E-state index in [0.717, 1.165) is 32.5 Å². The summed E-state index contributed by atoms with van der Waals surface area (Å²) in [5, 5.41) is 23.9. The highest BCUT2D eigenvalue weighted by molar-refractivity contribution is 6.04. The monoisotopic (exact) mass is 367 g/mol. The second-order valence-electron chi connectivity index (χ2n) is 7.21. The molecule has 2 aliphatic heterocycles. The number of hydrogen-bond acceptors (Lipinski definition) is 6. The average molecular weight is 367 g/mol. The second kappa shape index (κ2) is 7.00. The number of nitro benzene ring substituents is 1. The van der Waals surface area contributed by atoms with Gasteiger partial charge in [-0.15, -0.1) is 0 Å². The van der Waals surface area contributed by atoms with E-state index in [1.54, 1.807) is 6.07 Å². The Balaban J connectivity index is 1.50. The molecule has 0 amide bonds. The molecule has 4 rings (SSSR count). The van der Waals surface area contributed by atoms with Crippen molar-refractivity contribution in [2.24, 2.45) is 5.16 Å². The third kappa shape index (κ3) is 3.50. The molecule has 1 saturated heterocycles. The number of benzene rings is 2. The summed E-state index contributed by atoms with van der Waals surface area (Å²) in [4.78, 5) is 13.0. The van der Waals surface area contributed by atoms with Crippen molar-refractivity contribution in [2.45, 2.75) is 31.4 Å². The van der Waals surface area contributed by atoms with Crippen molar-refractivity contribution in [1.82, 2.24) is 4.90 Å². The molecule has 2 aromatic rings. The van der Waals surface area contributed by atoms with Gasteiger partial charge in [0, 0.05) is 56.6 Å². The molecule has 2 heterocycles. The van der Waals surface area contributed by atoms with Crippen LogP contribution in [0.3, 0.4) is 0 Å². The van der Waals surface area contributed by atoms with E-state index in [1.165, 1.54) is 17.7 Å². The number of nitro groups is 1. The normalized spacial score (nSPS) is 20.2. The minimum absolute atomic E-state index is 0.0351. The first-order valence-electron chi connectivity index (χ1n) is 9.04. The number of non-ortho nitro benzene ring substituents is 1. The second-order valence-corrected chi connectivity index (χ2v) is 7.21. The van der Waals surface area contributed by atoms with Crippen molar-refractivity contribution < 1.29 is 14.9 Å². The molecule has 2 aliphatic rings. The molecule has 0 radical (unpaired) electrons. The van der Waals surface area contributed by atoms with E-state index in [0.29, 0.717) is 23.4 Å². The SMILES string of the molecule is O=[N+]([O-])c1ccc2c(c1)/C(=N/O)CC1(CCN(Cc3ccccc3)CC1)O2. The predicted molar refractivity (Wildman–Crippen MR) is 100 cm³/mol. The summed E-state index contributed by atoms with van der Waals surface area (Å²) in [5.41, 5.74) is 1.79. The van der Waals surface area contributed by atoms with Gasteiger partial charge in [0.15, 0.2) is 0 Å². The Bertz CT molecular complexity index is 874. The van der Waals surface area contributed by atoms with Gasteiger partial charge in [-0.25, -0.2) is 0 Å². The Kier molecular flexibility index (Phi) is 4.53. The van der Waals surface area contributed by atoms with Crippen LogP contribution in [0.2, 0.25) is 0 Å². The van der Waals surface area contributed by atoms with Gasteiger partial charge in [0.05, 0.1) is 10.6 Å². The van der Waals surface area contributed by atoms with Gasteiger partial charge in [-0.1, -0.05) is 35.5 Å². The number of oxime groups is 1. The molecule has 0 saturated carbocycles. The third-order valence-corrected chi connectivity index (χ3v) is 5.44. The molecule has 1 fully saturated rings. The minimum Gasteiger partial charge on any atom is -0.486 e. The summed E-state index contributed by atoms with van der Waals surface area (Å²) in [6.45, 7) is 2.67. The number of piperidine rings is 1. The molecule has 2 aromatic carbocycles. The van der Waals surface area contributed by atoms with E-state index < -0.39 is 10.5 Å². The van der Waals surface area contributed by atoms with Crippen LogP contribution >= 0.6 is 0 Å². The quantitative estimate of drug-likeness (QED) is 0.509. The van der Waals surface area contributed by atoms with Crippen LogP contribution in [0, 0.1) is 10.1 Å². The van der Waals surface area contributed by atoms with Gasteiger partial charge in [0.2, 0.25) is 0 Å². The highest BCUT2D eigenvalue weighted by Crippen LogP contribution is 2.41. The average Bonchev–Trinajstić information content (AvgIpc) is 2.69. The minimum atomic E-state index is -0.457. The number of rotatable bonds is 3. The van der Waals surface area contributed by atoms with Crippen molar-refractivity contribution in [1.29, 1.82) is 0 Å². The molecule has 0 aromatic heterocycles. The summed E-state index contributed by atoms with van der Waals surface area (Å²) in [5.74, 6) is 0.552. The zero-order valence-electron chi connectivity index (χ0n) is 14.9. The van der Waals surface area contributed by atoms with E-state index in [-0.39, 0.29) is 5.69 Å². The maximum Gasteiger partial charge on any atom is 0.270 e. The topological polar surface area (TPSA) is 88.2 Å². The van der Waals surface area contributed by atoms with Gasteiger partial charge < -0.3 is 9.94 Å². The van der Waals surface area contributed by atoms with Gasteiger partial charge in [0.25, 0.3) is 5.69 Å². The predicted octanol–water partition coefficient (Wildman–Crippen LogP) is 3.59. The Hall–Kier alpha value is -2.93. The fraction of sp³-hybridized carbons (Fsp3) is 0.350. The molecule has 0 aliphatic carbocycles. The van der Waals surface area contributed by atoms with Crippen LogP contribution in [0.1, 0.15) is 30.4 Å². The first-order valence-corrected chi connectivity index (χ1v) is 9.04. The maximum absolute atomic E-state index is 11.0. The van der Waals surface area contributed by atoms with Crippen LogP contribution in [0.5, 0.6) is 5.75 Å². The highest BCUT2D eigenvalue weighted by Gasteiger charge is 2.42. The van der Waals surface area contributed by atoms with Crippen LogP contribution in [0.4, 0.5) is 5.69 Å². The number of likely N-dealkylation sites (tertiary alicyclic amines) is 1. The van der Waals surface area contributed by atoms with E-state index in [1.807, 2.05) is 18.2 Å². The maximum atomic E-state index is 11.0. The highest BCUT2D eigenvalue weighted by atomic mass is 16.6.